The van der Waals surface area contributed by atoms with Crippen molar-refractivity contribution in [2.24, 2.45) is 0 Å². The molecule has 24 heavy (non-hydrogen) atoms. The van der Waals surface area contributed by atoms with Crippen molar-refractivity contribution in [2.45, 2.75) is 25.7 Å². The maximum absolute atomic E-state index is 11.8. The van der Waals surface area contributed by atoms with E-state index in [9.17, 15) is 4.79 Å². The van der Waals surface area contributed by atoms with Gasteiger partial charge in [0.25, 0.3) is 0 Å². The van der Waals surface area contributed by atoms with Gasteiger partial charge in [0, 0.05) is 24.5 Å². The average Bonchev–Trinajstić information content (AvgIpc) is 2.60. The number of halogens is 1. The van der Waals surface area contributed by atoms with Gasteiger partial charge in [-0.2, -0.15) is 0 Å². The van der Waals surface area contributed by atoms with Crippen LogP contribution in [-0.2, 0) is 17.6 Å². The third-order valence-electron chi connectivity index (χ3n) is 3.84. The van der Waals surface area contributed by atoms with Gasteiger partial charge in [0.05, 0.1) is 0 Å². The minimum absolute atomic E-state index is 0.0968. The summed E-state index contributed by atoms with van der Waals surface area (Å²) in [6.07, 6.45) is 3.50. The van der Waals surface area contributed by atoms with E-state index in [0.29, 0.717) is 13.0 Å². The van der Waals surface area contributed by atoms with E-state index in [2.05, 4.69) is 34.9 Å². The Morgan fingerprint density at radius 3 is 2.29 bits per heavy atom. The van der Waals surface area contributed by atoms with Gasteiger partial charge in [-0.05, 0) is 49.1 Å². The molecule has 0 aliphatic carbocycles. The van der Waals surface area contributed by atoms with Gasteiger partial charge >= 0.3 is 0 Å². The Hall–Kier alpha value is -1.84. The molecule has 2 aromatic rings. The van der Waals surface area contributed by atoms with Crippen LogP contribution in [0.5, 0.6) is 0 Å². The van der Waals surface area contributed by atoms with Crippen LogP contribution in [-0.4, -0.2) is 25.5 Å². The topological polar surface area (TPSA) is 41.1 Å². The van der Waals surface area contributed by atoms with Crippen LogP contribution in [0.4, 0.5) is 0 Å². The first-order valence-electron chi connectivity index (χ1n) is 8.50. The maximum atomic E-state index is 11.8. The predicted molar refractivity (Wildman–Crippen MR) is 100 cm³/mol. The van der Waals surface area contributed by atoms with E-state index >= 15 is 0 Å². The molecule has 128 valence electrons. The number of amides is 1. The number of benzene rings is 2. The third kappa shape index (κ3) is 7.62. The van der Waals surface area contributed by atoms with Gasteiger partial charge < -0.3 is 10.6 Å². The highest BCUT2D eigenvalue weighted by atomic mass is 35.5. The maximum Gasteiger partial charge on any atom is 0.221 e. The molecule has 0 heterocycles. The molecule has 0 unspecified atom stereocenters. The molecule has 0 spiro atoms. The summed E-state index contributed by atoms with van der Waals surface area (Å²) in [4.78, 5) is 11.8. The van der Waals surface area contributed by atoms with E-state index in [4.69, 9.17) is 11.6 Å². The lowest BCUT2D eigenvalue weighted by Crippen LogP contribution is -2.29. The highest BCUT2D eigenvalue weighted by Gasteiger charge is 2.01. The summed E-state index contributed by atoms with van der Waals surface area (Å²) in [6.45, 7) is 2.32. The third-order valence-corrected chi connectivity index (χ3v) is 4.09. The van der Waals surface area contributed by atoms with Gasteiger partial charge in [-0.25, -0.2) is 0 Å². The molecule has 4 heteroatoms. The fraction of sp³-hybridized carbons (Fsp3) is 0.350. The van der Waals surface area contributed by atoms with Crippen LogP contribution in [0, 0.1) is 0 Å². The summed E-state index contributed by atoms with van der Waals surface area (Å²) in [5.41, 5.74) is 2.54. The van der Waals surface area contributed by atoms with Gasteiger partial charge in [-0.1, -0.05) is 54.1 Å². The van der Waals surface area contributed by atoms with Gasteiger partial charge in [0.15, 0.2) is 0 Å². The van der Waals surface area contributed by atoms with Gasteiger partial charge in [-0.15, -0.1) is 0 Å². The minimum atomic E-state index is 0.0968. The fourth-order valence-corrected chi connectivity index (χ4v) is 2.60. The first-order chi connectivity index (χ1) is 11.7. The number of nitrogens with one attached hydrogen (secondary N) is 2. The van der Waals surface area contributed by atoms with Crippen LogP contribution >= 0.6 is 11.6 Å². The first kappa shape index (κ1) is 18.5. The normalized spacial score (nSPS) is 10.5. The van der Waals surface area contributed by atoms with Crippen molar-refractivity contribution in [1.29, 1.82) is 0 Å². The van der Waals surface area contributed by atoms with Crippen molar-refractivity contribution in [2.75, 3.05) is 19.6 Å². The molecule has 0 bridgehead atoms. The van der Waals surface area contributed by atoms with Crippen molar-refractivity contribution in [1.82, 2.24) is 10.6 Å². The molecule has 0 radical (unpaired) electrons. The summed E-state index contributed by atoms with van der Waals surface area (Å²) in [7, 11) is 0. The van der Waals surface area contributed by atoms with Crippen molar-refractivity contribution in [3.63, 3.8) is 0 Å². The summed E-state index contributed by atoms with van der Waals surface area (Å²) in [5, 5.41) is 7.01. The molecule has 0 fully saturated rings. The lowest BCUT2D eigenvalue weighted by molar-refractivity contribution is -0.120. The first-order valence-corrected chi connectivity index (χ1v) is 8.87. The summed E-state index contributed by atoms with van der Waals surface area (Å²) in [5.74, 6) is 0.0968. The average molecular weight is 345 g/mol. The van der Waals surface area contributed by atoms with E-state index in [0.717, 1.165) is 37.4 Å². The van der Waals surface area contributed by atoms with E-state index in [1.54, 1.807) is 0 Å². The van der Waals surface area contributed by atoms with Crippen LogP contribution in [0.2, 0.25) is 5.02 Å². The number of rotatable bonds is 10. The predicted octanol–water partition coefficient (Wildman–Crippen LogP) is 3.61. The Morgan fingerprint density at radius 1 is 0.833 bits per heavy atom. The van der Waals surface area contributed by atoms with Crippen LogP contribution < -0.4 is 10.6 Å². The van der Waals surface area contributed by atoms with Crippen LogP contribution in [0.1, 0.15) is 24.0 Å². The van der Waals surface area contributed by atoms with E-state index in [1.807, 2.05) is 30.3 Å². The van der Waals surface area contributed by atoms with Gasteiger partial charge in [0.1, 0.15) is 0 Å². The molecule has 0 saturated carbocycles. The zero-order chi connectivity index (χ0) is 17.0. The van der Waals surface area contributed by atoms with Gasteiger partial charge in [-0.3, -0.25) is 4.79 Å². The quantitative estimate of drug-likeness (QED) is 0.646. The van der Waals surface area contributed by atoms with Crippen molar-refractivity contribution in [3.05, 3.63) is 70.7 Å². The molecule has 0 aliphatic rings. The number of aryl methyl sites for hydroxylation is 1. The van der Waals surface area contributed by atoms with Crippen molar-refractivity contribution < 1.29 is 4.79 Å². The van der Waals surface area contributed by atoms with Crippen LogP contribution in [0.3, 0.4) is 0 Å². The van der Waals surface area contributed by atoms with Gasteiger partial charge in [0.2, 0.25) is 5.91 Å². The molecule has 2 N–H and O–H groups in total. The molecule has 1 amide bonds. The van der Waals surface area contributed by atoms with Crippen LogP contribution in [0.15, 0.2) is 54.6 Å². The Morgan fingerprint density at radius 2 is 1.54 bits per heavy atom. The Balaban J connectivity index is 1.47. The van der Waals surface area contributed by atoms with Crippen LogP contribution in [0.25, 0.3) is 0 Å². The number of carbonyl (C=O) groups is 1. The molecule has 0 atom stereocenters. The molecular formula is C20H25ClN2O. The monoisotopic (exact) mass is 344 g/mol. The number of hydrogen-bond acceptors (Lipinski definition) is 2. The second kappa shape index (κ2) is 10.8. The lowest BCUT2D eigenvalue weighted by atomic mass is 10.1. The van der Waals surface area contributed by atoms with E-state index < -0.39 is 0 Å². The second-order valence-corrected chi connectivity index (χ2v) is 6.25. The van der Waals surface area contributed by atoms with Crippen molar-refractivity contribution in [3.8, 4) is 0 Å². The molecule has 0 aromatic heterocycles. The Labute approximate surface area is 149 Å². The molecule has 0 saturated heterocycles. The number of hydrogen-bond donors (Lipinski definition) is 2. The highest BCUT2D eigenvalue weighted by Crippen LogP contribution is 2.09. The Kier molecular flexibility index (Phi) is 8.36. The van der Waals surface area contributed by atoms with E-state index in [1.165, 1.54) is 11.1 Å². The minimum Gasteiger partial charge on any atom is -0.356 e. The lowest BCUT2D eigenvalue weighted by Gasteiger charge is -2.07. The zero-order valence-corrected chi connectivity index (χ0v) is 14.7. The molecule has 3 nitrogen and oxygen atoms in total. The molecule has 2 rings (SSSR count). The van der Waals surface area contributed by atoms with E-state index in [-0.39, 0.29) is 5.91 Å². The fourth-order valence-electron chi connectivity index (χ4n) is 2.47. The molecular weight excluding hydrogens is 320 g/mol. The second-order valence-electron chi connectivity index (χ2n) is 5.82. The number of carbonyl (C=O) groups excluding carboxylic acids is 1. The summed E-state index contributed by atoms with van der Waals surface area (Å²) in [6, 6.07) is 18.2. The standard InChI is InChI=1S/C20H25ClN2O/c21-19-10-8-18(9-11-19)12-16-23-20(24)13-15-22-14-4-7-17-5-2-1-3-6-17/h1-3,5-6,8-11,22H,4,7,12-16H2,(H,23,24). The SMILES string of the molecule is O=C(CCNCCCc1ccccc1)NCCc1ccc(Cl)cc1. The summed E-state index contributed by atoms with van der Waals surface area (Å²) < 4.78 is 0. The highest BCUT2D eigenvalue weighted by molar-refractivity contribution is 6.30. The van der Waals surface area contributed by atoms with Crippen molar-refractivity contribution >= 4 is 17.5 Å². The largest absolute Gasteiger partial charge is 0.356 e. The Bertz CT molecular complexity index is 599. The zero-order valence-electron chi connectivity index (χ0n) is 13.9. The summed E-state index contributed by atoms with van der Waals surface area (Å²) >= 11 is 5.85. The molecule has 2 aromatic carbocycles. The molecule has 0 aliphatic heterocycles. The smallest absolute Gasteiger partial charge is 0.221 e.